The smallest absolute Gasteiger partial charge is 0.312 e. The van der Waals surface area contributed by atoms with E-state index in [1.807, 2.05) is 25.1 Å². The molecule has 0 saturated heterocycles. The van der Waals surface area contributed by atoms with Gasteiger partial charge in [0.1, 0.15) is 0 Å². The molecule has 4 nitrogen and oxygen atoms in total. The average Bonchev–Trinajstić information content (AvgIpc) is 2.61. The minimum absolute atomic E-state index is 0.0997. The first-order valence-corrected chi connectivity index (χ1v) is 8.62. The molecule has 0 spiro atoms. The van der Waals surface area contributed by atoms with Gasteiger partial charge in [-0.05, 0) is 30.4 Å². The van der Waals surface area contributed by atoms with Gasteiger partial charge in [-0.15, -0.1) is 0 Å². The summed E-state index contributed by atoms with van der Waals surface area (Å²) in [6.45, 7) is 4.19. The molecule has 2 unspecified atom stereocenters. The summed E-state index contributed by atoms with van der Waals surface area (Å²) in [6, 6.07) is 17.2. The number of rotatable bonds is 8. The molecule has 0 saturated carbocycles. The Hall–Kier alpha value is -2.62. The summed E-state index contributed by atoms with van der Waals surface area (Å²) in [6.07, 6.45) is 1.22. The minimum atomic E-state index is -0.933. The van der Waals surface area contributed by atoms with Crippen LogP contribution >= 0.6 is 0 Å². The van der Waals surface area contributed by atoms with Gasteiger partial charge in [0.05, 0.1) is 5.92 Å². The van der Waals surface area contributed by atoms with E-state index in [0.29, 0.717) is 12.0 Å². The van der Waals surface area contributed by atoms with Crippen LogP contribution in [0.5, 0.6) is 0 Å². The topological polar surface area (TPSA) is 66.4 Å². The highest BCUT2D eigenvalue weighted by Crippen LogP contribution is 2.23. The molecular weight excluding hydrogens is 314 g/mol. The first kappa shape index (κ1) is 18.7. The molecule has 1 amide bonds. The number of carboxylic acid groups (broad SMARTS) is 1. The monoisotopic (exact) mass is 339 g/mol. The zero-order valence-corrected chi connectivity index (χ0v) is 14.7. The van der Waals surface area contributed by atoms with Crippen LogP contribution in [0.2, 0.25) is 0 Å². The molecule has 2 aromatic carbocycles. The molecule has 0 radical (unpaired) electrons. The van der Waals surface area contributed by atoms with Gasteiger partial charge in [0.25, 0.3) is 0 Å². The van der Waals surface area contributed by atoms with Gasteiger partial charge < -0.3 is 10.4 Å². The Morgan fingerprint density at radius 1 is 1.00 bits per heavy atom. The summed E-state index contributed by atoms with van der Waals surface area (Å²) >= 11 is 0. The van der Waals surface area contributed by atoms with E-state index < -0.39 is 11.9 Å². The van der Waals surface area contributed by atoms with Crippen LogP contribution in [-0.4, -0.2) is 23.5 Å². The summed E-state index contributed by atoms with van der Waals surface area (Å²) in [5.41, 5.74) is 3.03. The summed E-state index contributed by atoms with van der Waals surface area (Å²) in [7, 11) is 0. The SMILES string of the molecule is CCC(CC(=O)NCC(C(=O)O)c1ccccc1)c1ccc(C)cc1. The van der Waals surface area contributed by atoms with Gasteiger partial charge in [-0.1, -0.05) is 67.1 Å². The predicted molar refractivity (Wildman–Crippen MR) is 98.7 cm³/mol. The fourth-order valence-electron chi connectivity index (χ4n) is 2.88. The van der Waals surface area contributed by atoms with E-state index in [1.54, 1.807) is 24.3 Å². The number of amides is 1. The quantitative estimate of drug-likeness (QED) is 0.767. The van der Waals surface area contributed by atoms with E-state index in [-0.39, 0.29) is 18.4 Å². The van der Waals surface area contributed by atoms with Crippen molar-refractivity contribution in [2.24, 2.45) is 0 Å². The van der Waals surface area contributed by atoms with Crippen molar-refractivity contribution in [3.8, 4) is 0 Å². The Kier molecular flexibility index (Phi) is 6.75. The standard InChI is InChI=1S/C21H25NO3/c1-3-16(17-11-9-15(2)10-12-17)13-20(23)22-14-19(21(24)25)18-7-5-4-6-8-18/h4-12,16,19H,3,13-14H2,1-2H3,(H,22,23)(H,24,25). The van der Waals surface area contributed by atoms with Crippen molar-refractivity contribution in [2.45, 2.75) is 38.5 Å². The minimum Gasteiger partial charge on any atom is -0.481 e. The van der Waals surface area contributed by atoms with Crippen molar-refractivity contribution in [1.82, 2.24) is 5.32 Å². The van der Waals surface area contributed by atoms with Crippen molar-refractivity contribution in [3.05, 3.63) is 71.3 Å². The third-order valence-electron chi connectivity index (χ3n) is 4.48. The van der Waals surface area contributed by atoms with Gasteiger partial charge in [-0.25, -0.2) is 0 Å². The third kappa shape index (κ3) is 5.45. The molecule has 0 aliphatic carbocycles. The van der Waals surface area contributed by atoms with Crippen molar-refractivity contribution in [2.75, 3.05) is 6.54 Å². The number of nitrogens with one attached hydrogen (secondary N) is 1. The van der Waals surface area contributed by atoms with Crippen LogP contribution in [0, 0.1) is 6.92 Å². The van der Waals surface area contributed by atoms with Crippen LogP contribution in [-0.2, 0) is 9.59 Å². The molecule has 2 N–H and O–H groups in total. The molecule has 2 atom stereocenters. The lowest BCUT2D eigenvalue weighted by Crippen LogP contribution is -2.32. The first-order valence-electron chi connectivity index (χ1n) is 8.62. The van der Waals surface area contributed by atoms with Gasteiger partial charge in [0, 0.05) is 13.0 Å². The molecule has 0 bridgehead atoms. The van der Waals surface area contributed by atoms with Gasteiger partial charge in [0.15, 0.2) is 0 Å². The van der Waals surface area contributed by atoms with Gasteiger partial charge >= 0.3 is 5.97 Å². The third-order valence-corrected chi connectivity index (χ3v) is 4.48. The zero-order valence-electron chi connectivity index (χ0n) is 14.7. The molecule has 0 aliphatic heterocycles. The summed E-state index contributed by atoms with van der Waals surface area (Å²) in [5, 5.41) is 12.2. The normalized spacial score (nSPS) is 13.0. The fourth-order valence-corrected chi connectivity index (χ4v) is 2.88. The van der Waals surface area contributed by atoms with E-state index in [4.69, 9.17) is 0 Å². The lowest BCUT2D eigenvalue weighted by molar-refractivity contribution is -0.138. The van der Waals surface area contributed by atoms with Gasteiger partial charge in [0.2, 0.25) is 5.91 Å². The molecule has 132 valence electrons. The molecule has 2 aromatic rings. The maximum atomic E-state index is 12.3. The van der Waals surface area contributed by atoms with Crippen LogP contribution in [0.15, 0.2) is 54.6 Å². The van der Waals surface area contributed by atoms with E-state index in [1.165, 1.54) is 5.56 Å². The van der Waals surface area contributed by atoms with Crippen LogP contribution in [0.1, 0.15) is 48.3 Å². The lowest BCUT2D eigenvalue weighted by atomic mass is 9.92. The van der Waals surface area contributed by atoms with Gasteiger partial charge in [-0.3, -0.25) is 9.59 Å². The Bertz CT molecular complexity index is 695. The van der Waals surface area contributed by atoms with E-state index in [9.17, 15) is 14.7 Å². The number of hydrogen-bond acceptors (Lipinski definition) is 2. The zero-order chi connectivity index (χ0) is 18.2. The van der Waals surface area contributed by atoms with Crippen molar-refractivity contribution >= 4 is 11.9 Å². The molecule has 4 heteroatoms. The second kappa shape index (κ2) is 9.02. The maximum absolute atomic E-state index is 12.3. The number of carbonyl (C=O) groups is 2. The molecular formula is C21H25NO3. The van der Waals surface area contributed by atoms with Gasteiger partial charge in [-0.2, -0.15) is 0 Å². The second-order valence-electron chi connectivity index (χ2n) is 6.33. The highest BCUT2D eigenvalue weighted by molar-refractivity contribution is 5.80. The Balaban J connectivity index is 1.96. The summed E-state index contributed by atoms with van der Waals surface area (Å²) < 4.78 is 0. The largest absolute Gasteiger partial charge is 0.481 e. The van der Waals surface area contributed by atoms with Crippen LogP contribution in [0.4, 0.5) is 0 Å². The van der Waals surface area contributed by atoms with Crippen LogP contribution in [0.25, 0.3) is 0 Å². The number of carbonyl (C=O) groups excluding carboxylic acids is 1. The Morgan fingerprint density at radius 3 is 2.20 bits per heavy atom. The number of aryl methyl sites for hydroxylation is 1. The Labute approximate surface area is 148 Å². The fraction of sp³-hybridized carbons (Fsp3) is 0.333. The predicted octanol–water partition coefficient (Wildman–Crippen LogP) is 3.86. The number of hydrogen-bond donors (Lipinski definition) is 2. The first-order chi connectivity index (χ1) is 12.0. The highest BCUT2D eigenvalue weighted by atomic mass is 16.4. The summed E-state index contributed by atoms with van der Waals surface area (Å²) in [4.78, 5) is 23.8. The van der Waals surface area contributed by atoms with Crippen molar-refractivity contribution in [3.63, 3.8) is 0 Å². The molecule has 0 aliphatic rings. The number of benzene rings is 2. The van der Waals surface area contributed by atoms with Crippen LogP contribution in [0.3, 0.4) is 0 Å². The molecule has 0 aromatic heterocycles. The van der Waals surface area contributed by atoms with Crippen LogP contribution < -0.4 is 5.32 Å². The molecule has 2 rings (SSSR count). The summed E-state index contributed by atoms with van der Waals surface area (Å²) in [5.74, 6) is -1.64. The molecule has 0 heterocycles. The Morgan fingerprint density at radius 2 is 1.64 bits per heavy atom. The van der Waals surface area contributed by atoms with Crippen molar-refractivity contribution < 1.29 is 14.7 Å². The van der Waals surface area contributed by atoms with E-state index >= 15 is 0 Å². The molecule has 25 heavy (non-hydrogen) atoms. The highest BCUT2D eigenvalue weighted by Gasteiger charge is 2.21. The maximum Gasteiger partial charge on any atom is 0.312 e. The van der Waals surface area contributed by atoms with E-state index in [2.05, 4.69) is 24.4 Å². The molecule has 0 fully saturated rings. The average molecular weight is 339 g/mol. The number of aliphatic carboxylic acids is 1. The van der Waals surface area contributed by atoms with E-state index in [0.717, 1.165) is 12.0 Å². The lowest BCUT2D eigenvalue weighted by Gasteiger charge is -2.17. The second-order valence-corrected chi connectivity index (χ2v) is 6.33. The number of carboxylic acids is 1. The van der Waals surface area contributed by atoms with Crippen molar-refractivity contribution in [1.29, 1.82) is 0 Å².